The number of aromatic nitrogens is 1. The SMILES string of the molecule is N#Cc1cn(CC(=O)Nc2ccc(S(=O)(=O)N3CCOCC3)cc2)c2ccccc2c1=O. The van der Waals surface area contributed by atoms with E-state index in [2.05, 4.69) is 5.32 Å². The first-order chi connectivity index (χ1) is 15.4. The first-order valence-corrected chi connectivity index (χ1v) is 11.3. The number of pyridine rings is 1. The summed E-state index contributed by atoms with van der Waals surface area (Å²) in [7, 11) is -3.62. The normalized spacial score (nSPS) is 14.7. The third-order valence-corrected chi connectivity index (χ3v) is 7.08. The number of anilines is 1. The Kier molecular flexibility index (Phi) is 6.05. The highest BCUT2D eigenvalue weighted by molar-refractivity contribution is 7.89. The third kappa shape index (κ3) is 4.27. The van der Waals surface area contributed by atoms with E-state index in [-0.39, 0.29) is 28.3 Å². The standard InChI is InChI=1S/C22H20N4O5S/c23-13-16-14-25(20-4-2-1-3-19(20)22(16)28)15-21(27)24-17-5-7-18(8-6-17)32(29,30)26-9-11-31-12-10-26/h1-8,14H,9-12,15H2,(H,24,27). The molecule has 1 N–H and O–H groups in total. The van der Waals surface area contributed by atoms with Crippen molar-refractivity contribution in [1.29, 1.82) is 5.26 Å². The molecular weight excluding hydrogens is 432 g/mol. The minimum absolute atomic E-state index is 0.0471. The van der Waals surface area contributed by atoms with Crippen LogP contribution < -0.4 is 10.7 Å². The van der Waals surface area contributed by atoms with E-state index < -0.39 is 10.0 Å². The molecule has 9 nitrogen and oxygen atoms in total. The highest BCUT2D eigenvalue weighted by Crippen LogP contribution is 2.20. The minimum Gasteiger partial charge on any atom is -0.379 e. The summed E-state index contributed by atoms with van der Waals surface area (Å²) >= 11 is 0. The molecule has 1 aromatic heterocycles. The molecule has 1 aliphatic heterocycles. The lowest BCUT2D eigenvalue weighted by molar-refractivity contribution is -0.116. The molecule has 0 spiro atoms. The van der Waals surface area contributed by atoms with E-state index in [4.69, 9.17) is 4.74 Å². The van der Waals surface area contributed by atoms with Crippen LogP contribution in [0.2, 0.25) is 0 Å². The Morgan fingerprint density at radius 2 is 1.78 bits per heavy atom. The van der Waals surface area contributed by atoms with Gasteiger partial charge in [-0.1, -0.05) is 12.1 Å². The van der Waals surface area contributed by atoms with Crippen molar-refractivity contribution in [3.63, 3.8) is 0 Å². The van der Waals surface area contributed by atoms with E-state index in [1.165, 1.54) is 34.8 Å². The van der Waals surface area contributed by atoms with Gasteiger partial charge in [-0.25, -0.2) is 8.42 Å². The van der Waals surface area contributed by atoms with Gasteiger partial charge < -0.3 is 14.6 Å². The summed E-state index contributed by atoms with van der Waals surface area (Å²) in [5.74, 6) is -0.383. The zero-order valence-corrected chi connectivity index (χ0v) is 17.8. The Morgan fingerprint density at radius 1 is 1.09 bits per heavy atom. The molecule has 4 rings (SSSR count). The van der Waals surface area contributed by atoms with Crippen molar-refractivity contribution in [1.82, 2.24) is 8.87 Å². The summed E-state index contributed by atoms with van der Waals surface area (Å²) in [6, 6.07) is 14.6. The molecule has 0 bridgehead atoms. The first kappa shape index (κ1) is 21.7. The number of hydrogen-bond donors (Lipinski definition) is 1. The lowest BCUT2D eigenvalue weighted by Gasteiger charge is -2.26. The molecule has 2 aromatic carbocycles. The van der Waals surface area contributed by atoms with Gasteiger partial charge in [0.25, 0.3) is 0 Å². The Labute approximate surface area is 184 Å². The number of hydrogen-bond acceptors (Lipinski definition) is 6. The van der Waals surface area contributed by atoms with Crippen molar-refractivity contribution >= 4 is 32.5 Å². The fourth-order valence-electron chi connectivity index (χ4n) is 3.56. The van der Waals surface area contributed by atoms with Gasteiger partial charge in [0.15, 0.2) is 0 Å². The zero-order chi connectivity index (χ0) is 22.7. The van der Waals surface area contributed by atoms with Crippen LogP contribution in [0.25, 0.3) is 10.9 Å². The number of rotatable bonds is 5. The van der Waals surface area contributed by atoms with Crippen LogP contribution in [-0.4, -0.2) is 49.5 Å². The van der Waals surface area contributed by atoms with Crippen molar-refractivity contribution in [2.75, 3.05) is 31.6 Å². The quantitative estimate of drug-likeness (QED) is 0.627. The number of para-hydroxylation sites is 1. The molecule has 164 valence electrons. The molecule has 3 aromatic rings. The molecule has 0 saturated carbocycles. The molecule has 0 unspecified atom stereocenters. The highest BCUT2D eigenvalue weighted by atomic mass is 32.2. The molecule has 2 heterocycles. The van der Waals surface area contributed by atoms with Crippen LogP contribution in [-0.2, 0) is 26.1 Å². The lowest BCUT2D eigenvalue weighted by atomic mass is 10.1. The number of fused-ring (bicyclic) bond motifs is 1. The highest BCUT2D eigenvalue weighted by Gasteiger charge is 2.26. The Balaban J connectivity index is 1.51. The maximum absolute atomic E-state index is 12.7. The largest absolute Gasteiger partial charge is 0.379 e. The van der Waals surface area contributed by atoms with Crippen molar-refractivity contribution in [2.45, 2.75) is 11.4 Å². The average Bonchev–Trinajstić information content (AvgIpc) is 2.82. The fourth-order valence-corrected chi connectivity index (χ4v) is 4.97. The fraction of sp³-hybridized carbons (Fsp3) is 0.227. The van der Waals surface area contributed by atoms with Crippen LogP contribution in [0.1, 0.15) is 5.56 Å². The van der Waals surface area contributed by atoms with E-state index in [1.807, 2.05) is 6.07 Å². The predicted molar refractivity (Wildman–Crippen MR) is 118 cm³/mol. The number of nitriles is 1. The lowest BCUT2D eigenvalue weighted by Crippen LogP contribution is -2.40. The van der Waals surface area contributed by atoms with E-state index in [0.29, 0.717) is 42.9 Å². The van der Waals surface area contributed by atoms with Crippen molar-refractivity contribution < 1.29 is 17.9 Å². The van der Waals surface area contributed by atoms with Crippen LogP contribution in [0.3, 0.4) is 0 Å². The van der Waals surface area contributed by atoms with Gasteiger partial charge in [0, 0.05) is 30.4 Å². The first-order valence-electron chi connectivity index (χ1n) is 9.90. The number of benzene rings is 2. The van der Waals surface area contributed by atoms with Gasteiger partial charge in [0.05, 0.1) is 23.6 Å². The summed E-state index contributed by atoms with van der Waals surface area (Å²) in [6.07, 6.45) is 1.36. The van der Waals surface area contributed by atoms with Gasteiger partial charge >= 0.3 is 0 Å². The van der Waals surface area contributed by atoms with E-state index in [9.17, 15) is 23.3 Å². The number of carbonyl (C=O) groups is 1. The maximum Gasteiger partial charge on any atom is 0.244 e. The zero-order valence-electron chi connectivity index (χ0n) is 17.0. The number of amides is 1. The van der Waals surface area contributed by atoms with Crippen LogP contribution in [0.15, 0.2) is 64.4 Å². The molecule has 10 heteroatoms. The number of ether oxygens (including phenoxy) is 1. The molecule has 0 aliphatic carbocycles. The molecule has 32 heavy (non-hydrogen) atoms. The van der Waals surface area contributed by atoms with Crippen molar-refractivity contribution in [2.24, 2.45) is 0 Å². The third-order valence-electron chi connectivity index (χ3n) is 5.17. The van der Waals surface area contributed by atoms with Gasteiger partial charge in [-0.3, -0.25) is 9.59 Å². The summed E-state index contributed by atoms with van der Waals surface area (Å²) < 4.78 is 33.5. The van der Waals surface area contributed by atoms with Gasteiger partial charge in [-0.05, 0) is 36.4 Å². The number of morpholine rings is 1. The maximum atomic E-state index is 12.7. The van der Waals surface area contributed by atoms with Crippen LogP contribution in [0.4, 0.5) is 5.69 Å². The van der Waals surface area contributed by atoms with Gasteiger partial charge in [0.1, 0.15) is 18.2 Å². The van der Waals surface area contributed by atoms with Crippen LogP contribution >= 0.6 is 0 Å². The summed E-state index contributed by atoms with van der Waals surface area (Å²) in [6.45, 7) is 1.21. The average molecular weight is 452 g/mol. The number of nitrogens with one attached hydrogen (secondary N) is 1. The Bertz CT molecular complexity index is 1370. The number of nitrogens with zero attached hydrogens (tertiary/aromatic N) is 3. The summed E-state index contributed by atoms with van der Waals surface area (Å²) in [5, 5.41) is 12.3. The van der Waals surface area contributed by atoms with E-state index in [1.54, 1.807) is 28.8 Å². The number of sulfonamides is 1. The second kappa shape index (κ2) is 8.92. The van der Waals surface area contributed by atoms with E-state index in [0.717, 1.165) is 0 Å². The topological polar surface area (TPSA) is 122 Å². The van der Waals surface area contributed by atoms with Gasteiger partial charge in [0.2, 0.25) is 21.4 Å². The monoisotopic (exact) mass is 452 g/mol. The van der Waals surface area contributed by atoms with Crippen molar-refractivity contribution in [3.05, 3.63) is 70.5 Å². The smallest absolute Gasteiger partial charge is 0.244 e. The van der Waals surface area contributed by atoms with Gasteiger partial charge in [-0.15, -0.1) is 0 Å². The minimum atomic E-state index is -3.62. The summed E-state index contributed by atoms with van der Waals surface area (Å²) in [5.41, 5.74) is 0.548. The predicted octanol–water partition coefficient (Wildman–Crippen LogP) is 1.53. The van der Waals surface area contributed by atoms with E-state index >= 15 is 0 Å². The second-order valence-corrected chi connectivity index (χ2v) is 9.16. The van der Waals surface area contributed by atoms with Crippen molar-refractivity contribution in [3.8, 4) is 6.07 Å². The summed E-state index contributed by atoms with van der Waals surface area (Å²) in [4.78, 5) is 25.1. The Morgan fingerprint density at radius 3 is 2.47 bits per heavy atom. The molecule has 1 amide bonds. The molecule has 1 aliphatic rings. The second-order valence-electron chi connectivity index (χ2n) is 7.22. The molecule has 1 fully saturated rings. The number of carbonyl (C=O) groups excluding carboxylic acids is 1. The molecule has 0 radical (unpaired) electrons. The van der Waals surface area contributed by atoms with Crippen LogP contribution in [0, 0.1) is 11.3 Å². The molecule has 0 atom stereocenters. The molecular formula is C22H20N4O5S. The van der Waals surface area contributed by atoms with Gasteiger partial charge in [-0.2, -0.15) is 9.57 Å². The van der Waals surface area contributed by atoms with Crippen LogP contribution in [0.5, 0.6) is 0 Å². The molecule has 1 saturated heterocycles. The Hall–Kier alpha value is -3.52.